The summed E-state index contributed by atoms with van der Waals surface area (Å²) >= 11 is 0. The van der Waals surface area contributed by atoms with Crippen molar-refractivity contribution in [2.45, 2.75) is 43.4 Å². The monoisotopic (exact) mass is 309 g/mol. The van der Waals surface area contributed by atoms with E-state index >= 15 is 0 Å². The van der Waals surface area contributed by atoms with Gasteiger partial charge in [-0.15, -0.1) is 0 Å². The van der Waals surface area contributed by atoms with E-state index in [9.17, 15) is 13.2 Å². The van der Waals surface area contributed by atoms with Crippen molar-refractivity contribution >= 4 is 16.0 Å². The number of aliphatic carboxylic acids is 1. The molecule has 1 saturated carbocycles. The fraction of sp³-hybridized carbons (Fsp3) is 0.533. The summed E-state index contributed by atoms with van der Waals surface area (Å²) in [7, 11) is -3.63. The molecule has 5 nitrogen and oxygen atoms in total. The van der Waals surface area contributed by atoms with Crippen molar-refractivity contribution in [2.24, 2.45) is 5.41 Å². The maximum atomic E-state index is 12.3. The van der Waals surface area contributed by atoms with Gasteiger partial charge in [-0.2, -0.15) is 0 Å². The smallest absolute Gasteiger partial charge is 0.310 e. The van der Waals surface area contributed by atoms with Crippen molar-refractivity contribution in [3.05, 3.63) is 29.3 Å². The molecule has 0 heterocycles. The first kappa shape index (κ1) is 14.5. The molecule has 0 aromatic heterocycles. The zero-order valence-electron chi connectivity index (χ0n) is 11.8. The summed E-state index contributed by atoms with van der Waals surface area (Å²) in [6, 6.07) is 5.23. The number of hydrogen-bond donors (Lipinski definition) is 2. The van der Waals surface area contributed by atoms with Crippen molar-refractivity contribution in [1.29, 1.82) is 0 Å². The normalized spacial score (nSPS) is 19.8. The molecule has 0 radical (unpaired) electrons. The second kappa shape index (κ2) is 5.10. The van der Waals surface area contributed by atoms with Crippen molar-refractivity contribution in [3.63, 3.8) is 0 Å². The van der Waals surface area contributed by atoms with E-state index in [1.165, 1.54) is 5.56 Å². The lowest BCUT2D eigenvalue weighted by Gasteiger charge is -2.17. The minimum atomic E-state index is -3.63. The lowest BCUT2D eigenvalue weighted by molar-refractivity contribution is -0.143. The predicted octanol–water partition coefficient (Wildman–Crippen LogP) is 1.71. The van der Waals surface area contributed by atoms with Gasteiger partial charge in [0.05, 0.1) is 10.3 Å². The summed E-state index contributed by atoms with van der Waals surface area (Å²) in [4.78, 5) is 11.3. The Bertz CT molecular complexity index is 677. The van der Waals surface area contributed by atoms with Crippen LogP contribution in [0.15, 0.2) is 23.1 Å². The second-order valence-corrected chi connectivity index (χ2v) is 7.81. The Kier molecular flexibility index (Phi) is 3.53. The van der Waals surface area contributed by atoms with Crippen molar-refractivity contribution in [1.82, 2.24) is 4.72 Å². The molecule has 0 unspecified atom stereocenters. The van der Waals surface area contributed by atoms with Gasteiger partial charge in [-0.1, -0.05) is 6.07 Å². The van der Waals surface area contributed by atoms with Gasteiger partial charge < -0.3 is 5.11 Å². The van der Waals surface area contributed by atoms with Gasteiger partial charge in [0, 0.05) is 6.54 Å². The number of carbonyl (C=O) groups is 1. The fourth-order valence-corrected chi connectivity index (χ4v) is 3.99. The highest BCUT2D eigenvalue weighted by molar-refractivity contribution is 7.89. The Balaban J connectivity index is 1.77. The van der Waals surface area contributed by atoms with Crippen LogP contribution < -0.4 is 4.72 Å². The number of carboxylic acids is 1. The van der Waals surface area contributed by atoms with Crippen LogP contribution in [0.3, 0.4) is 0 Å². The van der Waals surface area contributed by atoms with E-state index in [0.717, 1.165) is 31.2 Å². The minimum absolute atomic E-state index is 0.0260. The summed E-state index contributed by atoms with van der Waals surface area (Å²) < 4.78 is 27.1. The van der Waals surface area contributed by atoms with Crippen LogP contribution in [0.2, 0.25) is 0 Å². The third-order valence-electron chi connectivity index (χ3n) is 4.54. The van der Waals surface area contributed by atoms with E-state index in [2.05, 4.69) is 4.72 Å². The van der Waals surface area contributed by atoms with Crippen LogP contribution >= 0.6 is 0 Å². The lowest BCUT2D eigenvalue weighted by Crippen LogP contribution is -2.34. The van der Waals surface area contributed by atoms with E-state index in [1.807, 2.05) is 6.07 Å². The topological polar surface area (TPSA) is 83.5 Å². The average Bonchev–Trinajstić information content (AvgIpc) is 3.26. The van der Waals surface area contributed by atoms with E-state index in [4.69, 9.17) is 5.11 Å². The molecule has 1 aromatic rings. The van der Waals surface area contributed by atoms with E-state index in [1.54, 1.807) is 12.1 Å². The number of fused-ring (bicyclic) bond motifs is 1. The van der Waals surface area contributed by atoms with Crippen LogP contribution in [0.25, 0.3) is 0 Å². The summed E-state index contributed by atoms with van der Waals surface area (Å²) in [6.07, 6.45) is 5.23. The first-order chi connectivity index (χ1) is 9.93. The summed E-state index contributed by atoms with van der Waals surface area (Å²) in [6.45, 7) is -0.0260. The van der Waals surface area contributed by atoms with Gasteiger partial charge in [0.2, 0.25) is 10.0 Å². The largest absolute Gasteiger partial charge is 0.481 e. The maximum absolute atomic E-state index is 12.3. The third kappa shape index (κ3) is 2.82. The molecule has 0 amide bonds. The maximum Gasteiger partial charge on any atom is 0.310 e. The van der Waals surface area contributed by atoms with Gasteiger partial charge in [-0.05, 0) is 61.8 Å². The van der Waals surface area contributed by atoms with Gasteiger partial charge >= 0.3 is 5.97 Å². The number of aryl methyl sites for hydroxylation is 2. The molecule has 114 valence electrons. The minimum Gasteiger partial charge on any atom is -0.481 e. The Hall–Kier alpha value is -1.40. The SMILES string of the molecule is O=C(O)C1(CNS(=O)(=O)c2ccc3c(c2)CCCC3)CC1. The predicted molar refractivity (Wildman–Crippen MR) is 77.6 cm³/mol. The lowest BCUT2D eigenvalue weighted by atomic mass is 9.92. The molecular formula is C15H19NO4S. The molecule has 2 aliphatic rings. The quantitative estimate of drug-likeness (QED) is 0.867. The Labute approximate surface area is 124 Å². The molecule has 1 fully saturated rings. The number of sulfonamides is 1. The molecule has 1 aromatic carbocycles. The van der Waals surface area contributed by atoms with E-state index in [0.29, 0.717) is 12.8 Å². The molecule has 2 N–H and O–H groups in total. The zero-order valence-corrected chi connectivity index (χ0v) is 12.6. The molecule has 0 spiro atoms. The zero-order chi connectivity index (χ0) is 15.1. The standard InChI is InChI=1S/C15H19NO4S/c17-14(18)15(7-8-15)10-16-21(19,20)13-6-5-11-3-1-2-4-12(11)9-13/h5-6,9,16H,1-4,7-8,10H2,(H,17,18). The first-order valence-electron chi connectivity index (χ1n) is 7.28. The van der Waals surface area contributed by atoms with Crippen molar-refractivity contribution in [2.75, 3.05) is 6.54 Å². The van der Waals surface area contributed by atoms with Crippen molar-refractivity contribution in [3.8, 4) is 0 Å². The van der Waals surface area contributed by atoms with Gasteiger partial charge in [-0.3, -0.25) is 4.79 Å². The number of nitrogens with one attached hydrogen (secondary N) is 1. The molecule has 0 aliphatic heterocycles. The van der Waals surface area contributed by atoms with Gasteiger partial charge in [0.15, 0.2) is 0 Å². The highest BCUT2D eigenvalue weighted by Crippen LogP contribution is 2.45. The van der Waals surface area contributed by atoms with Gasteiger partial charge in [0.1, 0.15) is 0 Å². The number of benzene rings is 1. The third-order valence-corrected chi connectivity index (χ3v) is 5.94. The number of hydrogen-bond acceptors (Lipinski definition) is 3. The van der Waals surface area contributed by atoms with Gasteiger partial charge in [0.25, 0.3) is 0 Å². The van der Waals surface area contributed by atoms with Crippen LogP contribution in [0.4, 0.5) is 0 Å². The van der Waals surface area contributed by atoms with Crippen LogP contribution in [0.1, 0.15) is 36.8 Å². The molecule has 0 bridgehead atoms. The van der Waals surface area contributed by atoms with Crippen LogP contribution in [-0.2, 0) is 27.7 Å². The highest BCUT2D eigenvalue weighted by Gasteiger charge is 2.50. The molecule has 0 atom stereocenters. The number of carboxylic acid groups (broad SMARTS) is 1. The van der Waals surface area contributed by atoms with Crippen molar-refractivity contribution < 1.29 is 18.3 Å². The number of rotatable bonds is 5. The first-order valence-corrected chi connectivity index (χ1v) is 8.76. The Morgan fingerprint density at radius 2 is 1.86 bits per heavy atom. The van der Waals surface area contributed by atoms with Crippen LogP contribution in [0.5, 0.6) is 0 Å². The molecule has 2 aliphatic carbocycles. The highest BCUT2D eigenvalue weighted by atomic mass is 32.2. The van der Waals surface area contributed by atoms with Crippen LogP contribution in [-0.4, -0.2) is 26.0 Å². The van der Waals surface area contributed by atoms with Crippen LogP contribution in [0, 0.1) is 5.41 Å². The summed E-state index contributed by atoms with van der Waals surface area (Å²) in [5, 5.41) is 9.09. The molecular weight excluding hydrogens is 290 g/mol. The molecule has 3 rings (SSSR count). The Morgan fingerprint density at radius 1 is 1.19 bits per heavy atom. The average molecular weight is 309 g/mol. The second-order valence-electron chi connectivity index (χ2n) is 6.05. The molecule has 0 saturated heterocycles. The molecule has 6 heteroatoms. The molecule has 21 heavy (non-hydrogen) atoms. The van der Waals surface area contributed by atoms with E-state index in [-0.39, 0.29) is 11.4 Å². The Morgan fingerprint density at radius 3 is 2.48 bits per heavy atom. The summed E-state index contributed by atoms with van der Waals surface area (Å²) in [5.41, 5.74) is 1.44. The fourth-order valence-electron chi connectivity index (χ4n) is 2.81. The summed E-state index contributed by atoms with van der Waals surface area (Å²) in [5.74, 6) is -0.921. The van der Waals surface area contributed by atoms with E-state index < -0.39 is 21.4 Å². The van der Waals surface area contributed by atoms with Gasteiger partial charge in [-0.25, -0.2) is 13.1 Å².